The number of ether oxygens (including phenoxy) is 1. The zero-order valence-electron chi connectivity index (χ0n) is 15.5. The average molecular weight is 369 g/mol. The predicted octanol–water partition coefficient (Wildman–Crippen LogP) is 3.83. The fourth-order valence-electron chi connectivity index (χ4n) is 3.32. The van der Waals surface area contributed by atoms with Gasteiger partial charge in [0.25, 0.3) is 5.91 Å². The number of nitro groups is 1. The molecule has 0 bridgehead atoms. The minimum atomic E-state index is -0.496. The summed E-state index contributed by atoms with van der Waals surface area (Å²) < 4.78 is 5.46. The molecule has 27 heavy (non-hydrogen) atoms. The molecule has 0 saturated carbocycles. The third kappa shape index (κ3) is 4.55. The van der Waals surface area contributed by atoms with Gasteiger partial charge in [-0.05, 0) is 62.1 Å². The number of carbonyl (C=O) groups excluding carboxylic acids is 1. The van der Waals surface area contributed by atoms with E-state index < -0.39 is 4.92 Å². The molecule has 7 nitrogen and oxygen atoms in total. The van der Waals surface area contributed by atoms with E-state index in [1.54, 1.807) is 19.9 Å². The third-order valence-electron chi connectivity index (χ3n) is 4.57. The number of nitrogens with one attached hydrogen (secondary N) is 1. The molecule has 1 aliphatic rings. The van der Waals surface area contributed by atoms with Crippen molar-refractivity contribution in [1.29, 1.82) is 0 Å². The molecule has 2 aromatic rings. The van der Waals surface area contributed by atoms with Gasteiger partial charge in [-0.2, -0.15) is 0 Å². The van der Waals surface area contributed by atoms with Crippen molar-refractivity contribution >= 4 is 23.0 Å². The number of nitrogens with zero attached hydrogens (tertiary/aromatic N) is 2. The number of amides is 1. The quantitative estimate of drug-likeness (QED) is 0.618. The second kappa shape index (κ2) is 8.07. The van der Waals surface area contributed by atoms with Crippen LogP contribution in [0.2, 0.25) is 0 Å². The van der Waals surface area contributed by atoms with Crippen molar-refractivity contribution in [2.45, 2.75) is 26.7 Å². The van der Waals surface area contributed by atoms with Crippen LogP contribution in [0.3, 0.4) is 0 Å². The SMILES string of the molecule is Cc1cc(C)c(OCC(=O)Nc2ccc(N3CCCC3)cc2)c([N+](=O)[O-])c1. The van der Waals surface area contributed by atoms with Crippen LogP contribution >= 0.6 is 0 Å². The predicted molar refractivity (Wildman–Crippen MR) is 105 cm³/mol. The van der Waals surface area contributed by atoms with Gasteiger partial charge in [-0.1, -0.05) is 6.07 Å². The van der Waals surface area contributed by atoms with Crippen LogP contribution in [0.15, 0.2) is 36.4 Å². The Morgan fingerprint density at radius 3 is 2.48 bits per heavy atom. The highest BCUT2D eigenvalue weighted by atomic mass is 16.6. The maximum atomic E-state index is 12.2. The zero-order valence-corrected chi connectivity index (χ0v) is 15.5. The largest absolute Gasteiger partial charge is 0.477 e. The Morgan fingerprint density at radius 2 is 1.85 bits per heavy atom. The van der Waals surface area contributed by atoms with E-state index >= 15 is 0 Å². The molecule has 1 heterocycles. The van der Waals surface area contributed by atoms with Gasteiger partial charge >= 0.3 is 5.69 Å². The summed E-state index contributed by atoms with van der Waals surface area (Å²) in [6.07, 6.45) is 2.42. The molecule has 1 saturated heterocycles. The summed E-state index contributed by atoms with van der Waals surface area (Å²) in [5.41, 5.74) is 3.09. The zero-order chi connectivity index (χ0) is 19.4. The van der Waals surface area contributed by atoms with Crippen LogP contribution in [0.4, 0.5) is 17.1 Å². The average Bonchev–Trinajstić information content (AvgIpc) is 3.15. The van der Waals surface area contributed by atoms with Crippen LogP contribution in [0.25, 0.3) is 0 Å². The van der Waals surface area contributed by atoms with Crippen molar-refractivity contribution in [2.75, 3.05) is 29.9 Å². The highest BCUT2D eigenvalue weighted by Crippen LogP contribution is 2.32. The van der Waals surface area contributed by atoms with E-state index in [0.717, 1.165) is 24.3 Å². The third-order valence-corrected chi connectivity index (χ3v) is 4.57. The van der Waals surface area contributed by atoms with Crippen LogP contribution in [-0.2, 0) is 4.79 Å². The molecule has 0 radical (unpaired) electrons. The highest BCUT2D eigenvalue weighted by Gasteiger charge is 2.19. The molecule has 1 N–H and O–H groups in total. The number of benzene rings is 2. The van der Waals surface area contributed by atoms with Gasteiger partial charge in [-0.25, -0.2) is 0 Å². The van der Waals surface area contributed by atoms with Gasteiger partial charge in [0, 0.05) is 30.5 Å². The van der Waals surface area contributed by atoms with Crippen molar-refractivity contribution in [3.8, 4) is 5.75 Å². The van der Waals surface area contributed by atoms with Crippen LogP contribution in [0, 0.1) is 24.0 Å². The lowest BCUT2D eigenvalue weighted by Gasteiger charge is -2.17. The molecule has 0 spiro atoms. The van der Waals surface area contributed by atoms with Gasteiger partial charge in [0.2, 0.25) is 5.75 Å². The second-order valence-corrected chi connectivity index (χ2v) is 6.77. The molecule has 0 atom stereocenters. The Labute approximate surface area is 158 Å². The summed E-state index contributed by atoms with van der Waals surface area (Å²) >= 11 is 0. The van der Waals surface area contributed by atoms with Gasteiger partial charge < -0.3 is 15.0 Å². The molecule has 0 aromatic heterocycles. The molecule has 142 valence electrons. The first-order valence-electron chi connectivity index (χ1n) is 8.97. The van der Waals surface area contributed by atoms with Crippen molar-refractivity contribution in [2.24, 2.45) is 0 Å². The summed E-state index contributed by atoms with van der Waals surface area (Å²) in [6, 6.07) is 10.9. The summed E-state index contributed by atoms with van der Waals surface area (Å²) in [5.74, 6) is -0.233. The Kier molecular flexibility index (Phi) is 5.59. The molecule has 0 aliphatic carbocycles. The summed E-state index contributed by atoms with van der Waals surface area (Å²) in [4.78, 5) is 25.2. The van der Waals surface area contributed by atoms with Crippen molar-refractivity contribution in [3.63, 3.8) is 0 Å². The Morgan fingerprint density at radius 1 is 1.19 bits per heavy atom. The van der Waals surface area contributed by atoms with Crippen LogP contribution in [0.5, 0.6) is 5.75 Å². The normalized spacial score (nSPS) is 13.5. The second-order valence-electron chi connectivity index (χ2n) is 6.77. The first kappa shape index (κ1) is 18.7. The van der Waals surface area contributed by atoms with Crippen molar-refractivity contribution in [3.05, 3.63) is 57.6 Å². The van der Waals surface area contributed by atoms with Crippen LogP contribution in [-0.4, -0.2) is 30.5 Å². The molecule has 1 aliphatic heterocycles. The summed E-state index contributed by atoms with van der Waals surface area (Å²) in [6.45, 7) is 5.34. The van der Waals surface area contributed by atoms with E-state index in [2.05, 4.69) is 10.2 Å². The lowest BCUT2D eigenvalue weighted by atomic mass is 10.1. The van der Waals surface area contributed by atoms with Gasteiger partial charge in [-0.15, -0.1) is 0 Å². The lowest BCUT2D eigenvalue weighted by molar-refractivity contribution is -0.385. The first-order valence-corrected chi connectivity index (χ1v) is 8.97. The molecule has 2 aromatic carbocycles. The minimum Gasteiger partial charge on any atom is -0.477 e. The maximum Gasteiger partial charge on any atom is 0.311 e. The number of rotatable bonds is 6. The summed E-state index contributed by atoms with van der Waals surface area (Å²) in [5, 5.41) is 14.0. The topological polar surface area (TPSA) is 84.7 Å². The van der Waals surface area contributed by atoms with Gasteiger partial charge in [0.15, 0.2) is 6.61 Å². The van der Waals surface area contributed by atoms with E-state index in [9.17, 15) is 14.9 Å². The number of hydrogen-bond donors (Lipinski definition) is 1. The Balaban J connectivity index is 1.61. The molecule has 3 rings (SSSR count). The van der Waals surface area contributed by atoms with E-state index in [4.69, 9.17) is 4.74 Å². The lowest BCUT2D eigenvalue weighted by Crippen LogP contribution is -2.21. The number of anilines is 2. The Bertz CT molecular complexity index is 843. The smallest absolute Gasteiger partial charge is 0.311 e. The number of nitro benzene ring substituents is 1. The Hall–Kier alpha value is -3.09. The van der Waals surface area contributed by atoms with Gasteiger partial charge in [-0.3, -0.25) is 14.9 Å². The van der Waals surface area contributed by atoms with Gasteiger partial charge in [0.05, 0.1) is 4.92 Å². The van der Waals surface area contributed by atoms with E-state index in [1.807, 2.05) is 24.3 Å². The molecular weight excluding hydrogens is 346 g/mol. The molecule has 0 unspecified atom stereocenters. The van der Waals surface area contributed by atoms with E-state index in [1.165, 1.54) is 18.9 Å². The maximum absolute atomic E-state index is 12.2. The monoisotopic (exact) mass is 369 g/mol. The van der Waals surface area contributed by atoms with Crippen molar-refractivity contribution in [1.82, 2.24) is 0 Å². The molecular formula is C20H23N3O4. The molecule has 7 heteroatoms. The minimum absolute atomic E-state index is 0.129. The van der Waals surface area contributed by atoms with Crippen LogP contribution < -0.4 is 15.0 Å². The van der Waals surface area contributed by atoms with E-state index in [0.29, 0.717) is 11.3 Å². The highest BCUT2D eigenvalue weighted by molar-refractivity contribution is 5.92. The summed E-state index contributed by atoms with van der Waals surface area (Å²) in [7, 11) is 0. The standard InChI is InChI=1S/C20H23N3O4/c1-14-11-15(2)20(18(12-14)23(25)26)27-13-19(24)21-16-5-7-17(8-6-16)22-9-3-4-10-22/h5-8,11-12H,3-4,9-10,13H2,1-2H3,(H,21,24). The van der Waals surface area contributed by atoms with Crippen LogP contribution in [0.1, 0.15) is 24.0 Å². The molecule has 1 fully saturated rings. The van der Waals surface area contributed by atoms with Gasteiger partial charge in [0.1, 0.15) is 0 Å². The number of hydrogen-bond acceptors (Lipinski definition) is 5. The number of carbonyl (C=O) groups is 1. The van der Waals surface area contributed by atoms with Crippen molar-refractivity contribution < 1.29 is 14.5 Å². The first-order chi connectivity index (χ1) is 12.9. The number of aryl methyl sites for hydroxylation is 2. The molecule has 1 amide bonds. The van der Waals surface area contributed by atoms with E-state index in [-0.39, 0.29) is 24.0 Å². The fourth-order valence-corrected chi connectivity index (χ4v) is 3.32. The fraction of sp³-hybridized carbons (Fsp3) is 0.350.